The molecule has 0 aliphatic carbocycles. The van der Waals surface area contributed by atoms with Gasteiger partial charge in [0.05, 0.1) is 30.1 Å². The fraction of sp³-hybridized carbons (Fsp3) is 0.417. The van der Waals surface area contributed by atoms with Gasteiger partial charge in [0.25, 0.3) is 0 Å². The highest BCUT2D eigenvalue weighted by Gasteiger charge is 2.26. The molecule has 0 saturated heterocycles. The summed E-state index contributed by atoms with van der Waals surface area (Å²) in [7, 11) is 0. The zero-order valence-corrected chi connectivity index (χ0v) is 19.8. The number of fused-ring (bicyclic) bond motifs is 1. The summed E-state index contributed by atoms with van der Waals surface area (Å²) in [6.45, 7) is 1.72. The van der Waals surface area contributed by atoms with Gasteiger partial charge in [0, 0.05) is 13.1 Å². The van der Waals surface area contributed by atoms with Gasteiger partial charge in [-0.2, -0.15) is 13.2 Å². The number of carbonyl (C=O) groups is 2. The molecule has 0 spiro atoms. The first-order valence-electron chi connectivity index (χ1n) is 11.1. The van der Waals surface area contributed by atoms with E-state index in [1.165, 1.54) is 11.1 Å². The summed E-state index contributed by atoms with van der Waals surface area (Å²) in [6, 6.07) is 11.6. The Bertz CT molecular complexity index is 971. The number of rotatable bonds is 9. The lowest BCUT2D eigenvalue weighted by Crippen LogP contribution is -2.28. The van der Waals surface area contributed by atoms with E-state index in [2.05, 4.69) is 22.0 Å². The molecule has 2 aromatic carbocycles. The van der Waals surface area contributed by atoms with Crippen LogP contribution in [0.15, 0.2) is 36.4 Å². The molecule has 192 valence electrons. The number of anilines is 1. The maximum Gasteiger partial charge on any atom is 0.401 e. The van der Waals surface area contributed by atoms with E-state index in [0.29, 0.717) is 11.6 Å². The van der Waals surface area contributed by atoms with E-state index >= 15 is 0 Å². The minimum Gasteiger partial charge on any atom is -0.481 e. The normalized spacial score (nSPS) is 13.1. The third-order valence-electron chi connectivity index (χ3n) is 5.18. The summed E-state index contributed by atoms with van der Waals surface area (Å²) in [5.74, 6) is -2.15. The number of hydrogen-bond donors (Lipinski definition) is 5. The molecule has 2 aromatic rings. The summed E-state index contributed by atoms with van der Waals surface area (Å²) < 4.78 is 36.5. The van der Waals surface area contributed by atoms with Crippen LogP contribution in [-0.4, -0.2) is 48.0 Å². The minimum absolute atomic E-state index is 0.193. The molecule has 0 bridgehead atoms. The summed E-state index contributed by atoms with van der Waals surface area (Å²) in [5.41, 5.74) is 5.43. The minimum atomic E-state index is -4.19. The summed E-state index contributed by atoms with van der Waals surface area (Å²) in [5, 5.41) is 25.8. The van der Waals surface area contributed by atoms with Gasteiger partial charge in [-0.25, -0.2) is 0 Å². The maximum atomic E-state index is 12.2. The zero-order chi connectivity index (χ0) is 25.8. The molecule has 7 nitrogen and oxygen atoms in total. The van der Waals surface area contributed by atoms with Crippen molar-refractivity contribution in [2.45, 2.75) is 44.9 Å². The number of nitrogens with one attached hydrogen (secondary N) is 3. The van der Waals surface area contributed by atoms with E-state index in [9.17, 15) is 22.8 Å². The molecule has 1 aliphatic heterocycles. The van der Waals surface area contributed by atoms with Gasteiger partial charge in [0.15, 0.2) is 0 Å². The van der Waals surface area contributed by atoms with Crippen LogP contribution in [0.5, 0.6) is 0 Å². The molecule has 0 amide bonds. The van der Waals surface area contributed by atoms with Gasteiger partial charge in [-0.15, -0.1) is 0 Å². The molecule has 11 heteroatoms. The lowest BCUT2D eigenvalue weighted by atomic mass is 10.0. The highest BCUT2D eigenvalue weighted by atomic mass is 35.5. The standard InChI is InChI=1S/C20H23ClF3N3.C4H6O4/c21-18-6-5-16-7-9-25-10-8-17(16)19(18)27-12-15-3-1-14(2-4-15)11-26-13-20(22,23)24;5-3(6)1-2-4(7)8/h1-6,25-27H,7-13H2;1-2H2,(H,5,6)(H,7,8). The van der Waals surface area contributed by atoms with Crippen LogP contribution in [-0.2, 0) is 35.5 Å². The molecule has 0 atom stereocenters. The van der Waals surface area contributed by atoms with Crippen molar-refractivity contribution in [2.24, 2.45) is 0 Å². The average Bonchev–Trinajstić information content (AvgIpc) is 3.03. The SMILES string of the molecule is FC(F)(F)CNCc1ccc(CNc2c(Cl)ccc3c2CCNCC3)cc1.O=C(O)CCC(=O)O. The van der Waals surface area contributed by atoms with E-state index in [1.807, 2.05) is 30.3 Å². The van der Waals surface area contributed by atoms with Crippen molar-refractivity contribution >= 4 is 29.2 Å². The lowest BCUT2D eigenvalue weighted by Gasteiger charge is -2.16. The van der Waals surface area contributed by atoms with Gasteiger partial charge in [-0.05, 0) is 54.3 Å². The van der Waals surface area contributed by atoms with Crippen molar-refractivity contribution in [1.29, 1.82) is 0 Å². The third-order valence-corrected chi connectivity index (χ3v) is 5.50. The number of carboxylic acid groups (broad SMARTS) is 2. The zero-order valence-electron chi connectivity index (χ0n) is 19.1. The van der Waals surface area contributed by atoms with Crippen molar-refractivity contribution in [1.82, 2.24) is 10.6 Å². The van der Waals surface area contributed by atoms with Crippen molar-refractivity contribution in [3.05, 3.63) is 63.7 Å². The lowest BCUT2D eigenvalue weighted by molar-refractivity contribution is -0.143. The molecule has 0 saturated carbocycles. The van der Waals surface area contributed by atoms with Gasteiger partial charge in [-0.1, -0.05) is 41.9 Å². The Balaban J connectivity index is 0.000000466. The van der Waals surface area contributed by atoms with Gasteiger partial charge >= 0.3 is 18.1 Å². The van der Waals surface area contributed by atoms with Gasteiger partial charge < -0.3 is 26.2 Å². The average molecular weight is 516 g/mol. The molecule has 5 N–H and O–H groups in total. The van der Waals surface area contributed by atoms with Crippen molar-refractivity contribution < 1.29 is 33.0 Å². The van der Waals surface area contributed by atoms with Gasteiger partial charge in [0.2, 0.25) is 0 Å². The highest BCUT2D eigenvalue weighted by molar-refractivity contribution is 6.33. The Hall–Kier alpha value is -2.82. The molecule has 3 rings (SSSR count). The van der Waals surface area contributed by atoms with E-state index in [-0.39, 0.29) is 19.4 Å². The van der Waals surface area contributed by atoms with Crippen LogP contribution in [0.3, 0.4) is 0 Å². The van der Waals surface area contributed by atoms with Crippen LogP contribution in [0.25, 0.3) is 0 Å². The molecule has 0 aromatic heterocycles. The Morgan fingerprint density at radius 3 is 2.06 bits per heavy atom. The topological polar surface area (TPSA) is 111 Å². The Morgan fingerprint density at radius 1 is 0.914 bits per heavy atom. The van der Waals surface area contributed by atoms with Crippen LogP contribution in [0.4, 0.5) is 18.9 Å². The first kappa shape index (κ1) is 28.4. The Kier molecular flexibility index (Phi) is 11.3. The second kappa shape index (κ2) is 13.9. The van der Waals surface area contributed by atoms with Crippen LogP contribution < -0.4 is 16.0 Å². The van der Waals surface area contributed by atoms with Crippen molar-refractivity contribution in [3.8, 4) is 0 Å². The predicted octanol–water partition coefficient (Wildman–Crippen LogP) is 4.23. The Morgan fingerprint density at radius 2 is 1.49 bits per heavy atom. The van der Waals surface area contributed by atoms with E-state index in [0.717, 1.165) is 42.7 Å². The number of benzene rings is 2. The molecule has 35 heavy (non-hydrogen) atoms. The quantitative estimate of drug-likeness (QED) is 0.340. The maximum absolute atomic E-state index is 12.2. The van der Waals surface area contributed by atoms with E-state index in [4.69, 9.17) is 21.8 Å². The third kappa shape index (κ3) is 11.0. The molecular weight excluding hydrogens is 487 g/mol. The summed E-state index contributed by atoms with van der Waals surface area (Å²) >= 11 is 6.42. The smallest absolute Gasteiger partial charge is 0.401 e. The molecular formula is C24H29ClF3N3O4. The fourth-order valence-electron chi connectivity index (χ4n) is 3.46. The van der Waals surface area contributed by atoms with E-state index < -0.39 is 24.7 Å². The number of carboxylic acids is 2. The van der Waals surface area contributed by atoms with Crippen molar-refractivity contribution in [2.75, 3.05) is 25.0 Å². The number of halogens is 4. The molecule has 1 aliphatic rings. The van der Waals surface area contributed by atoms with Crippen molar-refractivity contribution in [3.63, 3.8) is 0 Å². The van der Waals surface area contributed by atoms with Gasteiger partial charge in [-0.3, -0.25) is 9.59 Å². The molecule has 0 radical (unpaired) electrons. The summed E-state index contributed by atoms with van der Waals surface area (Å²) in [4.78, 5) is 19.3. The highest BCUT2D eigenvalue weighted by Crippen LogP contribution is 2.31. The van der Waals surface area contributed by atoms with Gasteiger partial charge in [0.1, 0.15) is 0 Å². The summed E-state index contributed by atoms with van der Waals surface area (Å²) in [6.07, 6.45) is -2.86. The number of hydrogen-bond acceptors (Lipinski definition) is 5. The monoisotopic (exact) mass is 515 g/mol. The van der Waals surface area contributed by atoms with Crippen LogP contribution in [0.2, 0.25) is 5.02 Å². The van der Waals surface area contributed by atoms with Crippen LogP contribution in [0.1, 0.15) is 35.1 Å². The van der Waals surface area contributed by atoms with Crippen LogP contribution >= 0.6 is 11.6 Å². The largest absolute Gasteiger partial charge is 0.481 e. The second-order valence-corrected chi connectivity index (χ2v) is 8.39. The molecule has 0 fully saturated rings. The first-order chi connectivity index (χ1) is 16.5. The van der Waals surface area contributed by atoms with Crippen LogP contribution in [0, 0.1) is 0 Å². The molecule has 0 unspecified atom stereocenters. The fourth-order valence-corrected chi connectivity index (χ4v) is 3.71. The predicted molar refractivity (Wildman–Crippen MR) is 128 cm³/mol. The molecule has 1 heterocycles. The Labute approximate surface area is 206 Å². The van der Waals surface area contributed by atoms with E-state index in [1.54, 1.807) is 0 Å². The number of alkyl halides is 3. The first-order valence-corrected chi connectivity index (χ1v) is 11.5. The number of aliphatic carboxylic acids is 2. The second-order valence-electron chi connectivity index (χ2n) is 7.99.